The first-order chi connectivity index (χ1) is 13.1. The van der Waals surface area contributed by atoms with Crippen LogP contribution in [0.2, 0.25) is 0 Å². The number of Topliss-reactive ketones (excluding diaryl/α,β-unsaturated/α-hetero) is 1. The number of ketones is 2. The minimum atomic E-state index is -0.0494. The van der Waals surface area contributed by atoms with Gasteiger partial charge in [-0.25, -0.2) is 0 Å². The Morgan fingerprint density at radius 1 is 1.04 bits per heavy atom. The van der Waals surface area contributed by atoms with E-state index in [-0.39, 0.29) is 11.6 Å². The molecule has 2 aromatic carbocycles. The Hall–Kier alpha value is -2.76. The van der Waals surface area contributed by atoms with Gasteiger partial charge in [-0.15, -0.1) is 11.3 Å². The summed E-state index contributed by atoms with van der Waals surface area (Å²) in [5, 5.41) is 4.92. The molecule has 3 aromatic rings. The molecule has 0 saturated carbocycles. The molecular weight excluding hydrogens is 358 g/mol. The highest BCUT2D eigenvalue weighted by molar-refractivity contribution is 7.12. The van der Waals surface area contributed by atoms with Crippen molar-refractivity contribution in [3.05, 3.63) is 76.0 Å². The summed E-state index contributed by atoms with van der Waals surface area (Å²) < 4.78 is 5.81. The minimum absolute atomic E-state index is 0.0309. The van der Waals surface area contributed by atoms with Crippen LogP contribution < -0.4 is 10.1 Å². The molecule has 3 rings (SSSR count). The molecule has 0 radical (unpaired) electrons. The molecule has 0 amide bonds. The predicted molar refractivity (Wildman–Crippen MR) is 109 cm³/mol. The molecule has 0 saturated heterocycles. The second kappa shape index (κ2) is 8.75. The molecule has 138 valence electrons. The van der Waals surface area contributed by atoms with Gasteiger partial charge in [-0.2, -0.15) is 0 Å². The average molecular weight is 379 g/mol. The normalized spacial score (nSPS) is 10.6. The number of rotatable bonds is 8. The van der Waals surface area contributed by atoms with Gasteiger partial charge in [0.15, 0.2) is 5.78 Å². The maximum absolute atomic E-state index is 13.0. The number of benzene rings is 2. The lowest BCUT2D eigenvalue weighted by Gasteiger charge is -2.13. The molecule has 0 spiro atoms. The first-order valence-electron chi connectivity index (χ1n) is 8.71. The Bertz CT molecular complexity index is 931. The third-order valence-corrected chi connectivity index (χ3v) is 5.07. The third-order valence-electron chi connectivity index (χ3n) is 4.20. The molecule has 5 heteroatoms. The molecule has 0 aliphatic rings. The number of hydrogen-bond acceptors (Lipinski definition) is 5. The van der Waals surface area contributed by atoms with Crippen LogP contribution in [0.5, 0.6) is 5.75 Å². The Morgan fingerprint density at radius 3 is 2.41 bits per heavy atom. The van der Waals surface area contributed by atoms with E-state index in [2.05, 4.69) is 5.32 Å². The van der Waals surface area contributed by atoms with E-state index >= 15 is 0 Å². The van der Waals surface area contributed by atoms with Crippen LogP contribution in [0.15, 0.2) is 60.0 Å². The number of carbonyl (C=O) groups excluding carboxylic acids is 2. The summed E-state index contributed by atoms with van der Waals surface area (Å²) in [6.45, 7) is 2.72. The number of carbonyl (C=O) groups is 2. The molecule has 1 heterocycles. The highest BCUT2D eigenvalue weighted by atomic mass is 32.1. The van der Waals surface area contributed by atoms with Crippen molar-refractivity contribution in [3.8, 4) is 16.9 Å². The highest BCUT2D eigenvalue weighted by Crippen LogP contribution is 2.30. The van der Waals surface area contributed by atoms with Crippen LogP contribution in [0, 0.1) is 0 Å². The van der Waals surface area contributed by atoms with E-state index in [1.54, 1.807) is 19.1 Å². The van der Waals surface area contributed by atoms with E-state index in [4.69, 9.17) is 4.74 Å². The maximum atomic E-state index is 13.0. The first kappa shape index (κ1) is 19.0. The van der Waals surface area contributed by atoms with E-state index < -0.39 is 0 Å². The molecule has 0 fully saturated rings. The lowest BCUT2D eigenvalue weighted by atomic mass is 9.98. The summed E-state index contributed by atoms with van der Waals surface area (Å²) in [7, 11) is 1.86. The fourth-order valence-electron chi connectivity index (χ4n) is 2.71. The van der Waals surface area contributed by atoms with Crippen molar-refractivity contribution in [2.75, 3.05) is 20.2 Å². The van der Waals surface area contributed by atoms with Crippen LogP contribution in [-0.4, -0.2) is 31.8 Å². The van der Waals surface area contributed by atoms with Crippen molar-refractivity contribution in [3.63, 3.8) is 0 Å². The fraction of sp³-hybridized carbons (Fsp3) is 0.182. The van der Waals surface area contributed by atoms with Crippen LogP contribution in [-0.2, 0) is 0 Å². The van der Waals surface area contributed by atoms with Gasteiger partial charge in [0.05, 0.1) is 10.4 Å². The molecule has 1 N–H and O–H groups in total. The molecular formula is C22H21NO3S. The Balaban J connectivity index is 1.97. The predicted octanol–water partition coefficient (Wildman–Crippen LogP) is 4.45. The molecule has 0 aliphatic carbocycles. The minimum Gasteiger partial charge on any atom is -0.491 e. The van der Waals surface area contributed by atoms with Gasteiger partial charge < -0.3 is 10.1 Å². The Kier molecular flexibility index (Phi) is 6.16. The van der Waals surface area contributed by atoms with Gasteiger partial charge in [0.1, 0.15) is 12.4 Å². The van der Waals surface area contributed by atoms with Crippen LogP contribution in [0.25, 0.3) is 11.1 Å². The molecule has 4 nitrogen and oxygen atoms in total. The van der Waals surface area contributed by atoms with Crippen LogP contribution in [0.4, 0.5) is 0 Å². The monoisotopic (exact) mass is 379 g/mol. The molecule has 1 aromatic heterocycles. The fourth-order valence-corrected chi connectivity index (χ4v) is 3.39. The van der Waals surface area contributed by atoms with Gasteiger partial charge in [-0.05, 0) is 48.7 Å². The lowest BCUT2D eigenvalue weighted by molar-refractivity contribution is 0.101. The van der Waals surface area contributed by atoms with Gasteiger partial charge in [0.2, 0.25) is 5.78 Å². The van der Waals surface area contributed by atoms with E-state index in [0.29, 0.717) is 34.9 Å². The molecule has 0 atom stereocenters. The smallest absolute Gasteiger partial charge is 0.206 e. The van der Waals surface area contributed by atoms with E-state index in [1.165, 1.54) is 11.3 Å². The summed E-state index contributed by atoms with van der Waals surface area (Å²) in [4.78, 5) is 25.1. The number of likely N-dealkylation sites (N-methyl/N-ethyl adjacent to an activating group) is 1. The number of hydrogen-bond donors (Lipinski definition) is 1. The van der Waals surface area contributed by atoms with Gasteiger partial charge in [0.25, 0.3) is 0 Å². The van der Waals surface area contributed by atoms with Crippen molar-refractivity contribution in [2.24, 2.45) is 0 Å². The average Bonchev–Trinajstić information content (AvgIpc) is 3.23. The zero-order chi connectivity index (χ0) is 19.2. The zero-order valence-electron chi connectivity index (χ0n) is 15.3. The SMILES string of the molecule is CNCCOc1ccc(-c2ccc(C(C)=O)cc2)cc1C(=O)c1cccs1. The van der Waals surface area contributed by atoms with Crippen molar-refractivity contribution < 1.29 is 14.3 Å². The van der Waals surface area contributed by atoms with Crippen molar-refractivity contribution in [2.45, 2.75) is 6.92 Å². The lowest BCUT2D eigenvalue weighted by Crippen LogP contribution is -2.17. The number of thiophene rings is 1. The van der Waals surface area contributed by atoms with Gasteiger partial charge in [0, 0.05) is 12.1 Å². The van der Waals surface area contributed by atoms with Crippen molar-refractivity contribution >= 4 is 22.9 Å². The van der Waals surface area contributed by atoms with Gasteiger partial charge in [-0.3, -0.25) is 9.59 Å². The first-order valence-corrected chi connectivity index (χ1v) is 9.59. The second-order valence-corrected chi connectivity index (χ2v) is 7.05. The summed E-state index contributed by atoms with van der Waals surface area (Å²) >= 11 is 1.41. The van der Waals surface area contributed by atoms with Crippen LogP contribution in [0.3, 0.4) is 0 Å². The second-order valence-electron chi connectivity index (χ2n) is 6.10. The summed E-state index contributed by atoms with van der Waals surface area (Å²) in [6.07, 6.45) is 0. The maximum Gasteiger partial charge on any atom is 0.206 e. The van der Waals surface area contributed by atoms with Crippen LogP contribution >= 0.6 is 11.3 Å². The van der Waals surface area contributed by atoms with E-state index in [0.717, 1.165) is 11.1 Å². The zero-order valence-corrected chi connectivity index (χ0v) is 16.1. The Morgan fingerprint density at radius 2 is 1.78 bits per heavy atom. The third kappa shape index (κ3) is 4.51. The summed E-state index contributed by atoms with van der Waals surface area (Å²) in [5.74, 6) is 0.558. The summed E-state index contributed by atoms with van der Waals surface area (Å²) in [5.41, 5.74) is 3.07. The van der Waals surface area contributed by atoms with Crippen LogP contribution in [0.1, 0.15) is 32.5 Å². The van der Waals surface area contributed by atoms with Crippen molar-refractivity contribution in [1.82, 2.24) is 5.32 Å². The Labute approximate surface area is 162 Å². The standard InChI is InChI=1S/C22H21NO3S/c1-15(24)16-5-7-17(8-6-16)18-9-10-20(26-12-11-23-2)19(14-18)22(25)21-4-3-13-27-21/h3-10,13-14,23H,11-12H2,1-2H3. The highest BCUT2D eigenvalue weighted by Gasteiger charge is 2.17. The number of nitrogens with one attached hydrogen (secondary N) is 1. The molecule has 0 aliphatic heterocycles. The molecule has 0 unspecified atom stereocenters. The van der Waals surface area contributed by atoms with Gasteiger partial charge >= 0.3 is 0 Å². The molecule has 0 bridgehead atoms. The topological polar surface area (TPSA) is 55.4 Å². The summed E-state index contributed by atoms with van der Waals surface area (Å²) in [6, 6.07) is 16.7. The molecule has 27 heavy (non-hydrogen) atoms. The van der Waals surface area contributed by atoms with Crippen molar-refractivity contribution in [1.29, 1.82) is 0 Å². The van der Waals surface area contributed by atoms with E-state index in [9.17, 15) is 9.59 Å². The van der Waals surface area contributed by atoms with E-state index in [1.807, 2.05) is 54.9 Å². The largest absolute Gasteiger partial charge is 0.491 e. The van der Waals surface area contributed by atoms with Gasteiger partial charge in [-0.1, -0.05) is 36.4 Å². The quantitative estimate of drug-likeness (QED) is 0.464. The number of ether oxygens (including phenoxy) is 1.